The van der Waals surface area contributed by atoms with Gasteiger partial charge in [-0.3, -0.25) is 4.79 Å². The van der Waals surface area contributed by atoms with E-state index in [0.29, 0.717) is 5.69 Å². The van der Waals surface area contributed by atoms with Crippen LogP contribution in [0.3, 0.4) is 0 Å². The Kier molecular flexibility index (Phi) is 6.06. The van der Waals surface area contributed by atoms with Crippen molar-refractivity contribution < 1.29 is 19.4 Å². The van der Waals surface area contributed by atoms with Gasteiger partial charge in [-0.05, 0) is 43.3 Å². The van der Waals surface area contributed by atoms with Crippen molar-refractivity contribution in [3.8, 4) is 5.75 Å². The lowest BCUT2D eigenvalue weighted by molar-refractivity contribution is 0.0527. The monoisotopic (exact) mass is 440 g/mol. The minimum Gasteiger partial charge on any atom is -0.507 e. The predicted molar refractivity (Wildman–Crippen MR) is 109 cm³/mol. The molecular weight excluding hydrogens is 424 g/mol. The maximum atomic E-state index is 12.7. The number of carbonyl (C=O) groups is 2. The number of rotatable bonds is 6. The zero-order valence-corrected chi connectivity index (χ0v) is 16.6. The molecule has 142 valence electrons. The second-order valence-electron chi connectivity index (χ2n) is 5.82. The molecule has 0 saturated heterocycles. The Morgan fingerprint density at radius 2 is 1.89 bits per heavy atom. The average molecular weight is 441 g/mol. The van der Waals surface area contributed by atoms with Gasteiger partial charge in [0.05, 0.1) is 12.2 Å². The van der Waals surface area contributed by atoms with E-state index in [1.165, 1.54) is 24.4 Å². The minimum absolute atomic E-state index is 0.128. The van der Waals surface area contributed by atoms with Gasteiger partial charge < -0.3 is 15.2 Å². The number of hydrogen-bond donors (Lipinski definition) is 2. The van der Waals surface area contributed by atoms with Gasteiger partial charge in [-0.1, -0.05) is 34.1 Å². The van der Waals surface area contributed by atoms with Crippen molar-refractivity contribution in [2.75, 3.05) is 11.9 Å². The van der Waals surface area contributed by atoms with Gasteiger partial charge in [-0.15, -0.1) is 0 Å². The number of aromatic nitrogens is 1. The number of benzene rings is 2. The Morgan fingerprint density at radius 3 is 2.61 bits per heavy atom. The van der Waals surface area contributed by atoms with Gasteiger partial charge in [-0.25, -0.2) is 9.78 Å². The molecule has 7 heteroatoms. The second-order valence-corrected chi connectivity index (χ2v) is 6.74. The quantitative estimate of drug-likeness (QED) is 0.426. The molecule has 0 saturated carbocycles. The third-order valence-electron chi connectivity index (χ3n) is 3.88. The molecule has 0 unspecified atom stereocenters. The van der Waals surface area contributed by atoms with Crippen molar-refractivity contribution >= 4 is 39.2 Å². The number of para-hydroxylation sites is 1. The molecule has 0 amide bonds. The van der Waals surface area contributed by atoms with E-state index in [-0.39, 0.29) is 34.9 Å². The Morgan fingerprint density at radius 1 is 1.11 bits per heavy atom. The summed E-state index contributed by atoms with van der Waals surface area (Å²) >= 11 is 3.39. The summed E-state index contributed by atoms with van der Waals surface area (Å²) in [5.74, 6) is -0.906. The fourth-order valence-electron chi connectivity index (χ4n) is 2.58. The van der Waals surface area contributed by atoms with Crippen molar-refractivity contribution in [3.05, 3.63) is 82.0 Å². The van der Waals surface area contributed by atoms with Crippen LogP contribution in [0.4, 0.5) is 11.5 Å². The number of phenolic OH excluding ortho intramolecular Hbond substituents is 1. The summed E-state index contributed by atoms with van der Waals surface area (Å²) in [4.78, 5) is 29.4. The number of halogens is 1. The summed E-state index contributed by atoms with van der Waals surface area (Å²) in [5.41, 5.74) is 1.14. The number of ketones is 1. The fourth-order valence-corrected chi connectivity index (χ4v) is 2.98. The number of esters is 1. The highest BCUT2D eigenvalue weighted by atomic mass is 79.9. The molecular formula is C21H17BrN2O4. The lowest BCUT2D eigenvalue weighted by atomic mass is 10.0. The highest BCUT2D eigenvalue weighted by Gasteiger charge is 2.20. The largest absolute Gasteiger partial charge is 0.507 e. The predicted octanol–water partition coefficient (Wildman–Crippen LogP) is 4.70. The number of phenols is 1. The van der Waals surface area contributed by atoms with Crippen LogP contribution in [0.15, 0.2) is 65.3 Å². The summed E-state index contributed by atoms with van der Waals surface area (Å²) in [6.07, 6.45) is 1.36. The van der Waals surface area contributed by atoms with E-state index in [1.807, 2.05) is 24.3 Å². The Hall–Kier alpha value is -3.19. The maximum absolute atomic E-state index is 12.7. The lowest BCUT2D eigenvalue weighted by Gasteiger charge is -2.12. The summed E-state index contributed by atoms with van der Waals surface area (Å²) < 4.78 is 5.97. The van der Waals surface area contributed by atoms with Crippen LogP contribution in [-0.4, -0.2) is 28.4 Å². The summed E-state index contributed by atoms with van der Waals surface area (Å²) in [5, 5.41) is 13.0. The van der Waals surface area contributed by atoms with Gasteiger partial charge in [0.2, 0.25) is 0 Å². The number of nitrogens with one attached hydrogen (secondary N) is 1. The lowest BCUT2D eigenvalue weighted by Crippen LogP contribution is -2.12. The Bertz CT molecular complexity index is 1040. The van der Waals surface area contributed by atoms with E-state index < -0.39 is 11.8 Å². The standard InChI is InChI=1S/C21H17BrN2O4/c1-2-28-21(27)17-10-13(19(26)16-8-3-4-9-18(16)25)12-23-20(17)24-15-7-5-6-14(22)11-15/h3-12,25H,2H2,1H3,(H,23,24). The van der Waals surface area contributed by atoms with Crippen molar-refractivity contribution in [1.29, 1.82) is 0 Å². The third kappa shape index (κ3) is 4.37. The highest BCUT2D eigenvalue weighted by molar-refractivity contribution is 9.10. The molecule has 6 nitrogen and oxygen atoms in total. The van der Waals surface area contributed by atoms with Crippen LogP contribution in [0, 0.1) is 0 Å². The van der Waals surface area contributed by atoms with Gasteiger partial charge in [0.1, 0.15) is 17.1 Å². The first-order valence-corrected chi connectivity index (χ1v) is 9.31. The fraction of sp³-hybridized carbons (Fsp3) is 0.0952. The number of pyridine rings is 1. The summed E-state index contributed by atoms with van der Waals surface area (Å²) in [6.45, 7) is 1.89. The molecule has 3 aromatic rings. The molecule has 3 rings (SSSR count). The van der Waals surface area contributed by atoms with Crippen LogP contribution >= 0.6 is 15.9 Å². The number of ether oxygens (including phenoxy) is 1. The molecule has 0 spiro atoms. The van der Waals surface area contributed by atoms with Crippen molar-refractivity contribution in [3.63, 3.8) is 0 Å². The molecule has 1 heterocycles. The molecule has 0 fully saturated rings. The smallest absolute Gasteiger partial charge is 0.341 e. The molecule has 0 radical (unpaired) electrons. The van der Waals surface area contributed by atoms with Crippen LogP contribution in [-0.2, 0) is 4.74 Å². The van der Waals surface area contributed by atoms with Crippen LogP contribution in [0.5, 0.6) is 5.75 Å². The van der Waals surface area contributed by atoms with Crippen LogP contribution in [0.1, 0.15) is 33.2 Å². The van der Waals surface area contributed by atoms with Crippen molar-refractivity contribution in [2.24, 2.45) is 0 Å². The van der Waals surface area contributed by atoms with Gasteiger partial charge in [0.25, 0.3) is 0 Å². The number of anilines is 2. The first-order chi connectivity index (χ1) is 13.5. The molecule has 0 atom stereocenters. The number of carbonyl (C=O) groups excluding carboxylic acids is 2. The molecule has 0 aliphatic carbocycles. The van der Waals surface area contributed by atoms with E-state index in [0.717, 1.165) is 4.47 Å². The zero-order chi connectivity index (χ0) is 20.1. The maximum Gasteiger partial charge on any atom is 0.341 e. The van der Waals surface area contributed by atoms with E-state index >= 15 is 0 Å². The van der Waals surface area contributed by atoms with Gasteiger partial charge >= 0.3 is 5.97 Å². The molecule has 0 bridgehead atoms. The highest BCUT2D eigenvalue weighted by Crippen LogP contribution is 2.25. The molecule has 0 aliphatic heterocycles. The average Bonchev–Trinajstić information content (AvgIpc) is 2.68. The molecule has 1 aromatic heterocycles. The molecule has 0 aliphatic rings. The van der Waals surface area contributed by atoms with E-state index in [9.17, 15) is 14.7 Å². The zero-order valence-electron chi connectivity index (χ0n) is 15.0. The van der Waals surface area contributed by atoms with Crippen LogP contribution < -0.4 is 5.32 Å². The second kappa shape index (κ2) is 8.67. The number of nitrogens with zero attached hydrogens (tertiary/aromatic N) is 1. The Balaban J connectivity index is 2.01. The van der Waals surface area contributed by atoms with E-state index in [4.69, 9.17) is 4.74 Å². The Labute approximate surface area is 170 Å². The summed E-state index contributed by atoms with van der Waals surface area (Å²) in [7, 11) is 0. The van der Waals surface area contributed by atoms with Gasteiger partial charge in [0.15, 0.2) is 5.78 Å². The third-order valence-corrected chi connectivity index (χ3v) is 4.37. The molecule has 28 heavy (non-hydrogen) atoms. The number of aromatic hydroxyl groups is 1. The van der Waals surface area contributed by atoms with E-state index in [2.05, 4.69) is 26.2 Å². The normalized spacial score (nSPS) is 10.4. The van der Waals surface area contributed by atoms with Crippen LogP contribution in [0.25, 0.3) is 0 Å². The SMILES string of the molecule is CCOC(=O)c1cc(C(=O)c2ccccc2O)cnc1Nc1cccc(Br)c1. The molecule has 2 aromatic carbocycles. The van der Waals surface area contributed by atoms with Crippen molar-refractivity contribution in [2.45, 2.75) is 6.92 Å². The number of hydrogen-bond acceptors (Lipinski definition) is 6. The summed E-state index contributed by atoms with van der Waals surface area (Å²) in [6, 6.07) is 15.0. The van der Waals surface area contributed by atoms with Gasteiger partial charge in [-0.2, -0.15) is 0 Å². The minimum atomic E-state index is -0.598. The molecule has 2 N–H and O–H groups in total. The first kappa shape index (κ1) is 19.6. The topological polar surface area (TPSA) is 88.5 Å². The van der Waals surface area contributed by atoms with Crippen LogP contribution in [0.2, 0.25) is 0 Å². The van der Waals surface area contributed by atoms with Crippen molar-refractivity contribution in [1.82, 2.24) is 4.98 Å². The first-order valence-electron chi connectivity index (χ1n) is 8.52. The van der Waals surface area contributed by atoms with Gasteiger partial charge in [0, 0.05) is 21.9 Å². The van der Waals surface area contributed by atoms with E-state index in [1.54, 1.807) is 19.1 Å².